The molecule has 2 aromatic heterocycles. The summed E-state index contributed by atoms with van der Waals surface area (Å²) in [5.41, 5.74) is 2.33. The van der Waals surface area contributed by atoms with Crippen molar-refractivity contribution in [1.82, 2.24) is 20.3 Å². The summed E-state index contributed by atoms with van der Waals surface area (Å²) in [6.07, 6.45) is 3.50. The predicted octanol–water partition coefficient (Wildman–Crippen LogP) is 3.74. The zero-order valence-corrected chi connectivity index (χ0v) is 20.9. The molecular formula is C24H32IN5O2. The van der Waals surface area contributed by atoms with Crippen LogP contribution in [0.5, 0.6) is 0 Å². The van der Waals surface area contributed by atoms with Crippen LogP contribution >= 0.6 is 24.0 Å². The van der Waals surface area contributed by atoms with Gasteiger partial charge in [0.15, 0.2) is 5.96 Å². The van der Waals surface area contributed by atoms with Crippen molar-refractivity contribution in [2.45, 2.75) is 26.3 Å². The van der Waals surface area contributed by atoms with E-state index in [1.165, 1.54) is 5.56 Å². The van der Waals surface area contributed by atoms with Gasteiger partial charge in [0.05, 0.1) is 12.0 Å². The number of nitrogens with one attached hydrogen (secondary N) is 1. The summed E-state index contributed by atoms with van der Waals surface area (Å²) in [5.74, 6) is 2.82. The molecule has 0 unspecified atom stereocenters. The fourth-order valence-corrected chi connectivity index (χ4v) is 3.80. The van der Waals surface area contributed by atoms with Crippen LogP contribution in [0.1, 0.15) is 22.8 Å². The molecule has 0 saturated carbocycles. The molecule has 0 aliphatic carbocycles. The average Bonchev–Trinajstić information content (AvgIpc) is 3.46. The fourth-order valence-electron chi connectivity index (χ4n) is 3.80. The Bertz CT molecular complexity index is 934. The second-order valence-corrected chi connectivity index (χ2v) is 7.89. The monoisotopic (exact) mass is 549 g/mol. The molecule has 1 fully saturated rings. The zero-order valence-electron chi connectivity index (χ0n) is 18.6. The normalized spacial score (nSPS) is 14.9. The molecule has 0 amide bonds. The number of aliphatic imine (C=N–C) groups is 1. The topological polar surface area (TPSA) is 70.0 Å². The summed E-state index contributed by atoms with van der Waals surface area (Å²) in [5, 5.41) is 7.71. The molecule has 32 heavy (non-hydrogen) atoms. The standard InChI is InChI=1S/C24H31N5O2.HI/c1-20-18-22(27-31-20)19-28-13-15-29(16-14-28)24(26-12-10-23-8-5-17-30-23)25-11-9-21-6-3-2-4-7-21;/h2-8,17-18H,9-16,19H2,1H3,(H,25,26);1H. The Kier molecular flexibility index (Phi) is 9.61. The molecule has 0 bridgehead atoms. The van der Waals surface area contributed by atoms with E-state index in [-0.39, 0.29) is 24.0 Å². The SMILES string of the molecule is Cc1cc(CN2CCN(C(=NCCc3ccco3)NCCc3ccccc3)CC2)no1.I. The molecule has 1 aromatic carbocycles. The summed E-state index contributed by atoms with van der Waals surface area (Å²) in [4.78, 5) is 9.67. The van der Waals surface area contributed by atoms with Crippen LogP contribution in [0.2, 0.25) is 0 Å². The number of furan rings is 1. The molecule has 0 spiro atoms. The van der Waals surface area contributed by atoms with E-state index in [1.54, 1.807) is 6.26 Å². The largest absolute Gasteiger partial charge is 0.469 e. The highest BCUT2D eigenvalue weighted by Crippen LogP contribution is 2.10. The van der Waals surface area contributed by atoms with Gasteiger partial charge in [-0.3, -0.25) is 9.89 Å². The maximum absolute atomic E-state index is 5.45. The third-order valence-corrected chi connectivity index (χ3v) is 5.47. The van der Waals surface area contributed by atoms with Crippen LogP contribution in [0.15, 0.2) is 68.7 Å². The van der Waals surface area contributed by atoms with Gasteiger partial charge in [0, 0.05) is 58.3 Å². The number of aromatic nitrogens is 1. The van der Waals surface area contributed by atoms with Gasteiger partial charge in [0.1, 0.15) is 11.5 Å². The Morgan fingerprint density at radius 1 is 1.06 bits per heavy atom. The number of halogens is 1. The minimum atomic E-state index is 0. The summed E-state index contributed by atoms with van der Waals surface area (Å²) in [6.45, 7) is 8.16. The lowest BCUT2D eigenvalue weighted by molar-refractivity contribution is 0.169. The quantitative estimate of drug-likeness (QED) is 0.262. The van der Waals surface area contributed by atoms with Crippen molar-refractivity contribution in [1.29, 1.82) is 0 Å². The van der Waals surface area contributed by atoms with E-state index in [0.29, 0.717) is 6.54 Å². The lowest BCUT2D eigenvalue weighted by Crippen LogP contribution is -2.52. The number of guanidine groups is 1. The third kappa shape index (κ3) is 7.37. The first-order valence-electron chi connectivity index (χ1n) is 11.0. The van der Waals surface area contributed by atoms with Gasteiger partial charge < -0.3 is 19.2 Å². The summed E-state index contributed by atoms with van der Waals surface area (Å²) in [7, 11) is 0. The van der Waals surface area contributed by atoms with Gasteiger partial charge in [-0.2, -0.15) is 0 Å². The van der Waals surface area contributed by atoms with E-state index in [9.17, 15) is 0 Å². The van der Waals surface area contributed by atoms with E-state index < -0.39 is 0 Å². The molecule has 1 N–H and O–H groups in total. The predicted molar refractivity (Wildman–Crippen MR) is 136 cm³/mol. The summed E-state index contributed by atoms with van der Waals surface area (Å²) >= 11 is 0. The number of piperazine rings is 1. The first-order valence-corrected chi connectivity index (χ1v) is 11.0. The highest BCUT2D eigenvalue weighted by atomic mass is 127. The van der Waals surface area contributed by atoms with Crippen LogP contribution in [0, 0.1) is 6.92 Å². The molecule has 172 valence electrons. The number of aryl methyl sites for hydroxylation is 1. The maximum Gasteiger partial charge on any atom is 0.194 e. The zero-order chi connectivity index (χ0) is 21.3. The van der Waals surface area contributed by atoms with Crippen LogP contribution in [-0.4, -0.2) is 60.2 Å². The Morgan fingerprint density at radius 2 is 1.88 bits per heavy atom. The van der Waals surface area contributed by atoms with Crippen molar-refractivity contribution < 1.29 is 8.94 Å². The van der Waals surface area contributed by atoms with Gasteiger partial charge in [-0.25, -0.2) is 0 Å². The van der Waals surface area contributed by atoms with E-state index in [0.717, 1.165) is 75.3 Å². The molecule has 3 heterocycles. The van der Waals surface area contributed by atoms with Crippen molar-refractivity contribution >= 4 is 29.9 Å². The number of nitrogens with zero attached hydrogens (tertiary/aromatic N) is 4. The lowest BCUT2D eigenvalue weighted by Gasteiger charge is -2.36. The first kappa shape index (κ1) is 24.3. The van der Waals surface area contributed by atoms with Crippen LogP contribution in [0.25, 0.3) is 0 Å². The van der Waals surface area contributed by atoms with Crippen molar-refractivity contribution in [3.63, 3.8) is 0 Å². The number of benzene rings is 1. The number of hydrogen-bond donors (Lipinski definition) is 1. The van der Waals surface area contributed by atoms with Gasteiger partial charge in [0.2, 0.25) is 0 Å². The first-order chi connectivity index (χ1) is 15.3. The third-order valence-electron chi connectivity index (χ3n) is 5.47. The minimum Gasteiger partial charge on any atom is -0.469 e. The van der Waals surface area contributed by atoms with Crippen molar-refractivity contribution in [2.24, 2.45) is 4.99 Å². The highest BCUT2D eigenvalue weighted by Gasteiger charge is 2.20. The molecule has 3 aromatic rings. The Labute approximate surface area is 206 Å². The van der Waals surface area contributed by atoms with Gasteiger partial charge in [-0.1, -0.05) is 35.5 Å². The van der Waals surface area contributed by atoms with E-state index in [4.69, 9.17) is 13.9 Å². The van der Waals surface area contributed by atoms with Crippen molar-refractivity contribution in [3.8, 4) is 0 Å². The Hall–Kier alpha value is -2.33. The molecule has 0 atom stereocenters. The van der Waals surface area contributed by atoms with Crippen LogP contribution < -0.4 is 5.32 Å². The maximum atomic E-state index is 5.45. The van der Waals surface area contributed by atoms with Crippen molar-refractivity contribution in [2.75, 3.05) is 39.3 Å². The highest BCUT2D eigenvalue weighted by molar-refractivity contribution is 14.0. The minimum absolute atomic E-state index is 0. The van der Waals surface area contributed by atoms with Crippen LogP contribution in [-0.2, 0) is 19.4 Å². The van der Waals surface area contributed by atoms with Gasteiger partial charge >= 0.3 is 0 Å². The van der Waals surface area contributed by atoms with Gasteiger partial charge in [-0.15, -0.1) is 24.0 Å². The number of hydrogen-bond acceptors (Lipinski definition) is 5. The number of rotatable bonds is 8. The molecular weight excluding hydrogens is 517 g/mol. The lowest BCUT2D eigenvalue weighted by atomic mass is 10.1. The van der Waals surface area contributed by atoms with Crippen molar-refractivity contribution in [3.05, 3.63) is 77.6 Å². The molecule has 8 heteroatoms. The molecule has 4 rings (SSSR count). The Morgan fingerprint density at radius 3 is 2.56 bits per heavy atom. The average molecular weight is 549 g/mol. The van der Waals surface area contributed by atoms with Crippen LogP contribution in [0.3, 0.4) is 0 Å². The van der Waals surface area contributed by atoms with E-state index in [2.05, 4.69) is 50.6 Å². The second-order valence-electron chi connectivity index (χ2n) is 7.89. The molecule has 1 aliphatic rings. The molecule has 1 saturated heterocycles. The summed E-state index contributed by atoms with van der Waals surface area (Å²) in [6, 6.07) is 16.5. The summed E-state index contributed by atoms with van der Waals surface area (Å²) < 4.78 is 10.6. The molecule has 1 aliphatic heterocycles. The van der Waals surface area contributed by atoms with E-state index >= 15 is 0 Å². The van der Waals surface area contributed by atoms with Gasteiger partial charge in [0.25, 0.3) is 0 Å². The van der Waals surface area contributed by atoms with Crippen LogP contribution in [0.4, 0.5) is 0 Å². The molecule has 7 nitrogen and oxygen atoms in total. The fraction of sp³-hybridized carbons (Fsp3) is 0.417. The Balaban J connectivity index is 0.00000289. The second kappa shape index (κ2) is 12.6. The van der Waals surface area contributed by atoms with Gasteiger partial charge in [-0.05, 0) is 31.0 Å². The molecule has 0 radical (unpaired) electrons. The smallest absolute Gasteiger partial charge is 0.194 e. The van der Waals surface area contributed by atoms with E-state index in [1.807, 2.05) is 25.1 Å².